The summed E-state index contributed by atoms with van der Waals surface area (Å²) in [7, 11) is 0. The summed E-state index contributed by atoms with van der Waals surface area (Å²) in [6.07, 6.45) is -1.10. The molecule has 3 heterocycles. The molecule has 2 N–H and O–H groups in total. The van der Waals surface area contributed by atoms with Crippen LogP contribution in [0.15, 0.2) is 42.7 Å². The predicted octanol–water partition coefficient (Wildman–Crippen LogP) is 5.42. The van der Waals surface area contributed by atoms with Crippen LogP contribution in [0.25, 0.3) is 17.1 Å². The van der Waals surface area contributed by atoms with Crippen LogP contribution in [-0.2, 0) is 12.1 Å². The van der Waals surface area contributed by atoms with E-state index in [0.717, 1.165) is 29.9 Å². The minimum Gasteiger partial charge on any atom is -0.406 e. The first-order valence-corrected chi connectivity index (χ1v) is 12.2. The first kappa shape index (κ1) is 25.7. The third-order valence-corrected chi connectivity index (χ3v) is 6.25. The summed E-state index contributed by atoms with van der Waals surface area (Å²) < 4.78 is 45.2. The number of rotatable bonds is 8. The van der Waals surface area contributed by atoms with Crippen LogP contribution in [0.1, 0.15) is 43.6 Å². The fourth-order valence-corrected chi connectivity index (χ4v) is 4.24. The molecule has 1 aliphatic carbocycles. The quantitative estimate of drug-likeness (QED) is 0.315. The lowest BCUT2D eigenvalue weighted by molar-refractivity contribution is -0.274. The van der Waals surface area contributed by atoms with Crippen LogP contribution in [0.5, 0.6) is 5.75 Å². The molecule has 1 fully saturated rings. The van der Waals surface area contributed by atoms with Gasteiger partial charge in [0, 0.05) is 23.7 Å². The zero-order chi connectivity index (χ0) is 27.2. The van der Waals surface area contributed by atoms with Gasteiger partial charge in [0.25, 0.3) is 0 Å². The smallest absolute Gasteiger partial charge is 0.406 e. The number of anilines is 2. The van der Waals surface area contributed by atoms with Gasteiger partial charge in [-0.3, -0.25) is 0 Å². The number of aromatic nitrogens is 6. The lowest BCUT2D eigenvalue weighted by Gasteiger charge is -2.18. The summed E-state index contributed by atoms with van der Waals surface area (Å²) in [5.74, 6) is 1.95. The topological polar surface area (TPSA) is 103 Å². The lowest BCUT2D eigenvalue weighted by atomic mass is 10.1. The molecule has 0 saturated heterocycles. The van der Waals surface area contributed by atoms with Crippen molar-refractivity contribution in [1.82, 2.24) is 29.5 Å². The van der Waals surface area contributed by atoms with Crippen molar-refractivity contribution >= 4 is 11.6 Å². The Labute approximate surface area is 217 Å². The van der Waals surface area contributed by atoms with E-state index in [1.165, 1.54) is 18.5 Å². The molecule has 0 aliphatic heterocycles. The molecule has 4 aromatic rings. The van der Waals surface area contributed by atoms with Crippen LogP contribution in [0, 0.1) is 19.8 Å². The van der Waals surface area contributed by atoms with E-state index in [2.05, 4.69) is 25.1 Å². The van der Waals surface area contributed by atoms with Crippen molar-refractivity contribution in [3.63, 3.8) is 0 Å². The van der Waals surface area contributed by atoms with Gasteiger partial charge in [-0.1, -0.05) is 0 Å². The van der Waals surface area contributed by atoms with Crippen LogP contribution in [0.4, 0.5) is 24.8 Å². The summed E-state index contributed by atoms with van der Waals surface area (Å²) in [4.78, 5) is 8.73. The highest BCUT2D eigenvalue weighted by molar-refractivity contribution is 5.71. The second-order valence-electron chi connectivity index (χ2n) is 10.0. The molecule has 5 rings (SSSR count). The number of aryl methyl sites for hydroxylation is 1. The van der Waals surface area contributed by atoms with Gasteiger partial charge in [-0.15, -0.1) is 13.2 Å². The Morgan fingerprint density at radius 2 is 1.76 bits per heavy atom. The predicted molar refractivity (Wildman–Crippen MR) is 134 cm³/mol. The van der Waals surface area contributed by atoms with Crippen LogP contribution in [0.3, 0.4) is 0 Å². The van der Waals surface area contributed by atoms with Gasteiger partial charge in [0.05, 0.1) is 17.1 Å². The maximum absolute atomic E-state index is 12.6. The van der Waals surface area contributed by atoms with E-state index in [1.54, 1.807) is 42.8 Å². The number of nitrogens with zero attached hydrogens (tertiary/aromatic N) is 6. The van der Waals surface area contributed by atoms with Crippen molar-refractivity contribution in [3.05, 3.63) is 59.7 Å². The summed E-state index contributed by atoms with van der Waals surface area (Å²) in [6, 6.07) is 9.21. The van der Waals surface area contributed by atoms with E-state index in [1.807, 2.05) is 18.5 Å². The molecule has 0 spiro atoms. The molecule has 200 valence electrons. The highest BCUT2D eigenvalue weighted by Crippen LogP contribution is 2.36. The van der Waals surface area contributed by atoms with Gasteiger partial charge in [-0.25, -0.2) is 19.3 Å². The molecule has 38 heavy (non-hydrogen) atoms. The zero-order valence-corrected chi connectivity index (χ0v) is 21.4. The van der Waals surface area contributed by atoms with Gasteiger partial charge in [0.15, 0.2) is 5.82 Å². The normalized spacial score (nSPS) is 14.1. The summed E-state index contributed by atoms with van der Waals surface area (Å²) in [5, 5.41) is 23.2. The number of benzene rings is 1. The third kappa shape index (κ3) is 5.64. The number of aliphatic hydroxyl groups is 1. The Kier molecular flexibility index (Phi) is 6.38. The fourth-order valence-electron chi connectivity index (χ4n) is 4.24. The van der Waals surface area contributed by atoms with Crippen LogP contribution in [0.2, 0.25) is 0 Å². The second kappa shape index (κ2) is 9.43. The summed E-state index contributed by atoms with van der Waals surface area (Å²) in [6.45, 7) is 7.82. The Morgan fingerprint density at radius 3 is 2.39 bits per heavy atom. The number of halogens is 3. The first-order chi connectivity index (χ1) is 17.9. The molecule has 1 saturated carbocycles. The lowest BCUT2D eigenvalue weighted by Crippen LogP contribution is -2.21. The standard InChI is InChI=1S/C26H28F3N7O2/c1-15-11-20(25(3,4)37)36(33-15)22-12-21(30-14-31-22)32-24-16(2)23(34-35(24)13-17-5-6-17)18-7-9-19(10-8-18)38-26(27,28)29/h7-12,14,17,37H,5-6,13H2,1-4H3,(H,30,31,32). The monoisotopic (exact) mass is 527 g/mol. The van der Waals surface area contributed by atoms with E-state index in [0.29, 0.717) is 41.0 Å². The van der Waals surface area contributed by atoms with Crippen molar-refractivity contribution < 1.29 is 23.0 Å². The second-order valence-corrected chi connectivity index (χ2v) is 10.0. The molecule has 1 aliphatic rings. The molecule has 0 radical (unpaired) electrons. The number of nitrogens with one attached hydrogen (secondary N) is 1. The highest BCUT2D eigenvalue weighted by Gasteiger charge is 2.31. The van der Waals surface area contributed by atoms with Crippen molar-refractivity contribution in [3.8, 4) is 22.8 Å². The van der Waals surface area contributed by atoms with E-state index < -0.39 is 12.0 Å². The van der Waals surface area contributed by atoms with Crippen molar-refractivity contribution in [1.29, 1.82) is 0 Å². The van der Waals surface area contributed by atoms with E-state index in [9.17, 15) is 18.3 Å². The summed E-state index contributed by atoms with van der Waals surface area (Å²) in [5.41, 5.74) is 2.34. The highest BCUT2D eigenvalue weighted by atomic mass is 19.4. The first-order valence-electron chi connectivity index (χ1n) is 12.2. The zero-order valence-electron chi connectivity index (χ0n) is 21.4. The van der Waals surface area contributed by atoms with Gasteiger partial charge < -0.3 is 15.2 Å². The minimum atomic E-state index is -4.75. The maximum Gasteiger partial charge on any atom is 0.573 e. The molecule has 9 nitrogen and oxygen atoms in total. The fraction of sp³-hybridized carbons (Fsp3) is 0.385. The number of alkyl halides is 3. The van der Waals surface area contributed by atoms with Crippen LogP contribution in [-0.4, -0.2) is 41.0 Å². The van der Waals surface area contributed by atoms with Crippen molar-refractivity contribution in [2.24, 2.45) is 5.92 Å². The third-order valence-electron chi connectivity index (χ3n) is 6.25. The average molecular weight is 528 g/mol. The van der Waals surface area contributed by atoms with Gasteiger partial charge in [-0.2, -0.15) is 10.2 Å². The average Bonchev–Trinajstić information content (AvgIpc) is 3.48. The molecule has 0 bridgehead atoms. The molecule has 0 unspecified atom stereocenters. The Morgan fingerprint density at radius 1 is 1.05 bits per heavy atom. The Bertz CT molecular complexity index is 1450. The SMILES string of the molecule is Cc1cc(C(C)(C)O)n(-c2cc(Nc3c(C)c(-c4ccc(OC(F)(F)F)cc4)nn3CC3CC3)ncn2)n1. The van der Waals surface area contributed by atoms with Crippen molar-refractivity contribution in [2.45, 2.75) is 59.0 Å². The summed E-state index contributed by atoms with van der Waals surface area (Å²) >= 11 is 0. The van der Waals surface area contributed by atoms with Gasteiger partial charge in [-0.05, 0) is 76.8 Å². The number of hydrogen-bond acceptors (Lipinski definition) is 7. The molecular formula is C26H28F3N7O2. The van der Waals surface area contributed by atoms with Gasteiger partial charge >= 0.3 is 6.36 Å². The van der Waals surface area contributed by atoms with Crippen LogP contribution < -0.4 is 10.1 Å². The van der Waals surface area contributed by atoms with Crippen molar-refractivity contribution in [2.75, 3.05) is 5.32 Å². The van der Waals surface area contributed by atoms with E-state index >= 15 is 0 Å². The largest absolute Gasteiger partial charge is 0.573 e. The molecular weight excluding hydrogens is 499 g/mol. The van der Waals surface area contributed by atoms with Gasteiger partial charge in [0.2, 0.25) is 0 Å². The molecule has 0 amide bonds. The van der Waals surface area contributed by atoms with E-state index in [-0.39, 0.29) is 5.75 Å². The van der Waals surface area contributed by atoms with Gasteiger partial charge in [0.1, 0.15) is 29.3 Å². The number of ether oxygens (including phenoxy) is 1. The molecule has 0 atom stereocenters. The minimum absolute atomic E-state index is 0.289. The maximum atomic E-state index is 12.6. The molecule has 3 aromatic heterocycles. The Balaban J connectivity index is 1.48. The van der Waals surface area contributed by atoms with Crippen LogP contribution >= 0.6 is 0 Å². The Hall–Kier alpha value is -3.93. The number of hydrogen-bond donors (Lipinski definition) is 2. The van der Waals surface area contributed by atoms with E-state index in [4.69, 9.17) is 5.10 Å². The molecule has 1 aromatic carbocycles. The molecule has 12 heteroatoms.